The highest BCUT2D eigenvalue weighted by atomic mass is 15.4. The Morgan fingerprint density at radius 2 is 2.12 bits per heavy atom. The van der Waals surface area contributed by atoms with E-state index in [-0.39, 0.29) is 5.54 Å². The highest BCUT2D eigenvalue weighted by Gasteiger charge is 2.29. The topological polar surface area (TPSA) is 42.2 Å². The van der Waals surface area contributed by atoms with E-state index in [9.17, 15) is 0 Å². The van der Waals surface area contributed by atoms with E-state index < -0.39 is 0 Å². The molecule has 0 amide bonds. The lowest BCUT2D eigenvalue weighted by Crippen LogP contribution is -2.31. The van der Waals surface area contributed by atoms with Gasteiger partial charge in [-0.2, -0.15) is 4.98 Å². The molecule has 0 radical (unpaired) electrons. The average Bonchev–Trinajstić information content (AvgIpc) is 2.84. The van der Waals surface area contributed by atoms with Gasteiger partial charge in [-0.1, -0.05) is 18.9 Å². The van der Waals surface area contributed by atoms with Gasteiger partial charge in [-0.3, -0.25) is 0 Å². The minimum atomic E-state index is 0.185. The number of rotatable bonds is 2. The van der Waals surface area contributed by atoms with Crippen molar-refractivity contribution in [1.29, 1.82) is 0 Å². The first-order valence-corrected chi connectivity index (χ1v) is 5.85. The Balaban J connectivity index is 1.89. The van der Waals surface area contributed by atoms with Crippen LogP contribution in [0.5, 0.6) is 0 Å². The third-order valence-corrected chi connectivity index (χ3v) is 3.36. The predicted octanol–water partition coefficient (Wildman–Crippen LogP) is 2.47. The molecule has 1 aliphatic rings. The number of hydrogen-bond donors (Lipinski definition) is 1. The summed E-state index contributed by atoms with van der Waals surface area (Å²) in [7, 11) is 0. The van der Waals surface area contributed by atoms with Gasteiger partial charge in [-0.25, -0.2) is 4.52 Å². The van der Waals surface area contributed by atoms with Crippen LogP contribution in [0.1, 0.15) is 32.6 Å². The van der Waals surface area contributed by atoms with E-state index in [1.54, 1.807) is 4.52 Å². The molecular formula is C12H16N4. The predicted molar refractivity (Wildman–Crippen MR) is 63.5 cm³/mol. The summed E-state index contributed by atoms with van der Waals surface area (Å²) in [5.41, 5.74) is 1.08. The van der Waals surface area contributed by atoms with Crippen molar-refractivity contribution >= 4 is 11.6 Å². The minimum absolute atomic E-state index is 0.185. The van der Waals surface area contributed by atoms with Crippen molar-refractivity contribution in [3.63, 3.8) is 0 Å². The monoisotopic (exact) mass is 216 g/mol. The fraction of sp³-hybridized carbons (Fsp3) is 0.500. The van der Waals surface area contributed by atoms with E-state index in [1.165, 1.54) is 25.7 Å². The Hall–Kier alpha value is -1.58. The maximum Gasteiger partial charge on any atom is 0.243 e. The first-order valence-electron chi connectivity index (χ1n) is 5.85. The smallest absolute Gasteiger partial charge is 0.243 e. The zero-order valence-corrected chi connectivity index (χ0v) is 9.48. The van der Waals surface area contributed by atoms with Crippen LogP contribution in [0.3, 0.4) is 0 Å². The van der Waals surface area contributed by atoms with Crippen molar-refractivity contribution in [3.05, 3.63) is 24.4 Å². The van der Waals surface area contributed by atoms with Gasteiger partial charge in [0.25, 0.3) is 0 Å². The number of anilines is 1. The molecule has 0 saturated heterocycles. The van der Waals surface area contributed by atoms with Crippen LogP contribution in [-0.2, 0) is 0 Å². The van der Waals surface area contributed by atoms with E-state index in [0.717, 1.165) is 11.6 Å². The minimum Gasteiger partial charge on any atom is -0.348 e. The van der Waals surface area contributed by atoms with Gasteiger partial charge >= 0.3 is 0 Å². The molecule has 1 N–H and O–H groups in total. The Labute approximate surface area is 94.7 Å². The van der Waals surface area contributed by atoms with Crippen LogP contribution in [0.4, 0.5) is 5.95 Å². The second kappa shape index (κ2) is 3.47. The summed E-state index contributed by atoms with van der Waals surface area (Å²) in [6, 6.07) is 5.91. The molecule has 84 valence electrons. The largest absolute Gasteiger partial charge is 0.348 e. The third kappa shape index (κ3) is 1.64. The van der Waals surface area contributed by atoms with Crippen molar-refractivity contribution in [1.82, 2.24) is 14.6 Å². The van der Waals surface area contributed by atoms with Crippen LogP contribution in [0.15, 0.2) is 24.4 Å². The van der Waals surface area contributed by atoms with E-state index in [4.69, 9.17) is 0 Å². The quantitative estimate of drug-likeness (QED) is 0.838. The Morgan fingerprint density at radius 1 is 1.31 bits per heavy atom. The van der Waals surface area contributed by atoms with Crippen molar-refractivity contribution in [3.8, 4) is 0 Å². The lowest BCUT2D eigenvalue weighted by molar-refractivity contribution is 0.528. The van der Waals surface area contributed by atoms with E-state index in [2.05, 4.69) is 22.3 Å². The number of nitrogens with one attached hydrogen (secondary N) is 1. The lowest BCUT2D eigenvalue weighted by atomic mass is 10.0. The Kier molecular flexibility index (Phi) is 2.09. The Bertz CT molecular complexity index is 463. The summed E-state index contributed by atoms with van der Waals surface area (Å²) >= 11 is 0. The van der Waals surface area contributed by atoms with Gasteiger partial charge in [0.05, 0.1) is 0 Å². The summed E-state index contributed by atoms with van der Waals surface area (Å²) in [5, 5.41) is 7.88. The molecule has 4 heteroatoms. The molecule has 0 spiro atoms. The van der Waals surface area contributed by atoms with Crippen molar-refractivity contribution < 1.29 is 0 Å². The number of fused-ring (bicyclic) bond motifs is 1. The van der Waals surface area contributed by atoms with Crippen LogP contribution in [0.25, 0.3) is 5.65 Å². The molecule has 2 aromatic heterocycles. The van der Waals surface area contributed by atoms with Gasteiger partial charge in [0.1, 0.15) is 0 Å². The van der Waals surface area contributed by atoms with Gasteiger partial charge in [-0.05, 0) is 31.9 Å². The van der Waals surface area contributed by atoms with Gasteiger partial charge in [-0.15, -0.1) is 5.10 Å². The fourth-order valence-electron chi connectivity index (χ4n) is 2.43. The SMILES string of the molecule is CC1(Nc2nc3ccccn3n2)CCCC1. The first-order chi connectivity index (χ1) is 7.75. The molecule has 0 bridgehead atoms. The van der Waals surface area contributed by atoms with Crippen LogP contribution in [-0.4, -0.2) is 20.1 Å². The van der Waals surface area contributed by atoms with Crippen LogP contribution >= 0.6 is 0 Å². The molecule has 0 aromatic carbocycles. The molecule has 1 saturated carbocycles. The Morgan fingerprint density at radius 3 is 2.88 bits per heavy atom. The highest BCUT2D eigenvalue weighted by Crippen LogP contribution is 2.31. The zero-order chi connectivity index (χ0) is 11.0. The van der Waals surface area contributed by atoms with Crippen LogP contribution in [0, 0.1) is 0 Å². The van der Waals surface area contributed by atoms with Crippen LogP contribution in [0.2, 0.25) is 0 Å². The third-order valence-electron chi connectivity index (χ3n) is 3.36. The number of aromatic nitrogens is 3. The van der Waals surface area contributed by atoms with Crippen molar-refractivity contribution in [2.45, 2.75) is 38.1 Å². The van der Waals surface area contributed by atoms with Gasteiger partial charge < -0.3 is 5.32 Å². The maximum atomic E-state index is 4.46. The number of nitrogens with zero attached hydrogens (tertiary/aromatic N) is 3. The lowest BCUT2D eigenvalue weighted by Gasteiger charge is -2.23. The van der Waals surface area contributed by atoms with Gasteiger partial charge in [0.15, 0.2) is 5.65 Å². The molecule has 1 fully saturated rings. The fourth-order valence-corrected chi connectivity index (χ4v) is 2.43. The molecular weight excluding hydrogens is 200 g/mol. The van der Waals surface area contributed by atoms with E-state index in [1.807, 2.05) is 24.4 Å². The number of pyridine rings is 1. The molecule has 3 rings (SSSR count). The molecule has 1 aliphatic carbocycles. The van der Waals surface area contributed by atoms with Gasteiger partial charge in [0.2, 0.25) is 5.95 Å². The summed E-state index contributed by atoms with van der Waals surface area (Å²) in [6.45, 7) is 2.26. The average molecular weight is 216 g/mol. The van der Waals surface area contributed by atoms with E-state index in [0.29, 0.717) is 0 Å². The molecule has 4 nitrogen and oxygen atoms in total. The highest BCUT2D eigenvalue weighted by molar-refractivity contribution is 5.44. The summed E-state index contributed by atoms with van der Waals surface area (Å²) in [5.74, 6) is 0.746. The normalized spacial score (nSPS) is 19.1. The standard InChI is InChI=1S/C12H16N4/c1-12(7-3-4-8-12)14-11-13-10-6-2-5-9-16(10)15-11/h2,5-6,9H,3-4,7-8H2,1H3,(H,14,15). The summed E-state index contributed by atoms with van der Waals surface area (Å²) in [6.07, 6.45) is 6.95. The summed E-state index contributed by atoms with van der Waals surface area (Å²) in [4.78, 5) is 4.46. The van der Waals surface area contributed by atoms with E-state index >= 15 is 0 Å². The van der Waals surface area contributed by atoms with Gasteiger partial charge in [0, 0.05) is 11.7 Å². The summed E-state index contributed by atoms with van der Waals surface area (Å²) < 4.78 is 1.81. The zero-order valence-electron chi connectivity index (χ0n) is 9.48. The first kappa shape index (κ1) is 9.63. The molecule has 16 heavy (non-hydrogen) atoms. The second-order valence-electron chi connectivity index (χ2n) is 4.83. The molecule has 0 unspecified atom stereocenters. The molecule has 0 aliphatic heterocycles. The van der Waals surface area contributed by atoms with Crippen molar-refractivity contribution in [2.24, 2.45) is 0 Å². The molecule has 2 heterocycles. The van der Waals surface area contributed by atoms with Crippen LogP contribution < -0.4 is 5.32 Å². The number of hydrogen-bond acceptors (Lipinski definition) is 3. The molecule has 2 aromatic rings. The van der Waals surface area contributed by atoms with Crippen molar-refractivity contribution in [2.75, 3.05) is 5.32 Å². The second-order valence-corrected chi connectivity index (χ2v) is 4.83. The maximum absolute atomic E-state index is 4.46. The molecule has 0 atom stereocenters.